The van der Waals surface area contributed by atoms with Gasteiger partial charge in [-0.1, -0.05) is 42.8 Å². The Balaban J connectivity index is 1.39. The third-order valence-corrected chi connectivity index (χ3v) is 6.49. The summed E-state index contributed by atoms with van der Waals surface area (Å²) in [5, 5.41) is 3.06. The summed E-state index contributed by atoms with van der Waals surface area (Å²) in [6.07, 6.45) is 3.87. The molecule has 2 heterocycles. The Hall–Kier alpha value is -2.50. The van der Waals surface area contributed by atoms with Crippen molar-refractivity contribution in [2.75, 3.05) is 13.1 Å². The normalized spacial score (nSPS) is 14.7. The molecule has 150 valence electrons. The molecule has 2 aromatic carbocycles. The number of hydrogen-bond acceptors (Lipinski definition) is 3. The summed E-state index contributed by atoms with van der Waals surface area (Å²) in [6.45, 7) is 3.77. The van der Waals surface area contributed by atoms with Gasteiger partial charge in [-0.05, 0) is 66.9 Å². The molecule has 1 aromatic heterocycles. The van der Waals surface area contributed by atoms with E-state index >= 15 is 0 Å². The molecule has 5 heteroatoms. The summed E-state index contributed by atoms with van der Waals surface area (Å²) in [5.74, 6) is -0.331. The van der Waals surface area contributed by atoms with E-state index in [1.165, 1.54) is 53.9 Å². The Morgan fingerprint density at radius 1 is 0.931 bits per heavy atom. The second-order valence-electron chi connectivity index (χ2n) is 7.46. The number of likely N-dealkylation sites (tertiary alicyclic amines) is 1. The van der Waals surface area contributed by atoms with Crippen LogP contribution in [0.3, 0.4) is 0 Å². The van der Waals surface area contributed by atoms with E-state index in [4.69, 9.17) is 0 Å². The summed E-state index contributed by atoms with van der Waals surface area (Å²) >= 11 is 1.43. The van der Waals surface area contributed by atoms with Gasteiger partial charge in [0.25, 0.3) is 5.91 Å². The van der Waals surface area contributed by atoms with Gasteiger partial charge in [0.05, 0.1) is 4.88 Å². The van der Waals surface area contributed by atoms with Crippen LogP contribution < -0.4 is 5.32 Å². The van der Waals surface area contributed by atoms with Gasteiger partial charge in [0.2, 0.25) is 0 Å². The Morgan fingerprint density at radius 2 is 1.66 bits per heavy atom. The molecule has 0 spiro atoms. The lowest BCUT2D eigenvalue weighted by molar-refractivity contribution is 0.0954. The summed E-state index contributed by atoms with van der Waals surface area (Å²) in [6, 6.07) is 18.4. The minimum Gasteiger partial charge on any atom is -0.347 e. The molecule has 1 N–H and O–H groups in total. The summed E-state index contributed by atoms with van der Waals surface area (Å²) in [5.41, 5.74) is 3.37. The highest BCUT2D eigenvalue weighted by molar-refractivity contribution is 7.17. The first-order valence-electron chi connectivity index (χ1n) is 10.1. The Morgan fingerprint density at radius 3 is 2.41 bits per heavy atom. The molecule has 3 aromatic rings. The van der Waals surface area contributed by atoms with E-state index in [1.54, 1.807) is 12.1 Å². The number of carbonyl (C=O) groups excluding carboxylic acids is 1. The van der Waals surface area contributed by atoms with Crippen LogP contribution in [0, 0.1) is 5.82 Å². The second-order valence-corrected chi connectivity index (χ2v) is 8.54. The van der Waals surface area contributed by atoms with Gasteiger partial charge in [-0.15, -0.1) is 11.3 Å². The summed E-state index contributed by atoms with van der Waals surface area (Å²) in [7, 11) is 0. The molecular formula is C24H25FN2OS. The van der Waals surface area contributed by atoms with Crippen molar-refractivity contribution < 1.29 is 9.18 Å². The molecule has 0 radical (unpaired) electrons. The van der Waals surface area contributed by atoms with E-state index < -0.39 is 0 Å². The highest BCUT2D eigenvalue weighted by atomic mass is 32.1. The quantitative estimate of drug-likeness (QED) is 0.587. The molecule has 3 nitrogen and oxygen atoms in total. The molecule has 0 aliphatic carbocycles. The fourth-order valence-corrected chi connectivity index (χ4v) is 4.66. The van der Waals surface area contributed by atoms with Gasteiger partial charge in [-0.2, -0.15) is 0 Å². The number of nitrogens with one attached hydrogen (secondary N) is 1. The predicted molar refractivity (Wildman–Crippen MR) is 116 cm³/mol. The van der Waals surface area contributed by atoms with Gasteiger partial charge in [-0.3, -0.25) is 9.69 Å². The zero-order chi connectivity index (χ0) is 20.1. The Kier molecular flexibility index (Phi) is 6.37. The van der Waals surface area contributed by atoms with Crippen LogP contribution in [0.15, 0.2) is 60.7 Å². The van der Waals surface area contributed by atoms with Crippen molar-refractivity contribution in [3.8, 4) is 10.4 Å². The average molecular weight is 409 g/mol. The van der Waals surface area contributed by atoms with Gasteiger partial charge in [0.15, 0.2) is 0 Å². The van der Waals surface area contributed by atoms with Crippen LogP contribution in [-0.4, -0.2) is 23.9 Å². The second kappa shape index (κ2) is 9.33. The average Bonchev–Trinajstić information content (AvgIpc) is 3.24. The van der Waals surface area contributed by atoms with E-state index in [0.29, 0.717) is 11.4 Å². The fourth-order valence-electron chi connectivity index (χ4n) is 3.73. The smallest absolute Gasteiger partial charge is 0.261 e. The van der Waals surface area contributed by atoms with Crippen LogP contribution in [-0.2, 0) is 13.1 Å². The first-order chi connectivity index (χ1) is 14.2. The zero-order valence-corrected chi connectivity index (χ0v) is 17.2. The number of halogens is 1. The number of hydrogen-bond donors (Lipinski definition) is 1. The molecule has 1 fully saturated rings. The molecule has 1 aliphatic rings. The van der Waals surface area contributed by atoms with Crippen LogP contribution in [0.25, 0.3) is 10.4 Å². The number of thiophene rings is 1. The Labute approximate surface area is 175 Å². The molecule has 0 unspecified atom stereocenters. The third kappa shape index (κ3) is 5.11. The van der Waals surface area contributed by atoms with Crippen LogP contribution in [0.2, 0.25) is 0 Å². The highest BCUT2D eigenvalue weighted by Gasteiger charge is 2.14. The number of amides is 1. The molecule has 29 heavy (non-hydrogen) atoms. The van der Waals surface area contributed by atoms with Crippen molar-refractivity contribution in [2.24, 2.45) is 0 Å². The summed E-state index contributed by atoms with van der Waals surface area (Å²) < 4.78 is 13.1. The lowest BCUT2D eigenvalue weighted by atomic mass is 10.0. The van der Waals surface area contributed by atoms with Gasteiger partial charge in [0.1, 0.15) is 5.82 Å². The van der Waals surface area contributed by atoms with Crippen LogP contribution in [0.1, 0.15) is 40.1 Å². The molecule has 1 saturated heterocycles. The first-order valence-corrected chi connectivity index (χ1v) is 10.9. The van der Waals surface area contributed by atoms with Crippen molar-refractivity contribution in [2.45, 2.75) is 32.4 Å². The van der Waals surface area contributed by atoms with Crippen molar-refractivity contribution in [1.82, 2.24) is 10.2 Å². The maximum Gasteiger partial charge on any atom is 0.261 e. The van der Waals surface area contributed by atoms with Crippen LogP contribution in [0.5, 0.6) is 0 Å². The molecule has 4 rings (SSSR count). The monoisotopic (exact) mass is 408 g/mol. The minimum absolute atomic E-state index is 0.0730. The van der Waals surface area contributed by atoms with E-state index in [2.05, 4.69) is 28.4 Å². The van der Waals surface area contributed by atoms with Gasteiger partial charge in [0, 0.05) is 18.0 Å². The third-order valence-electron chi connectivity index (χ3n) is 5.36. The molecule has 0 saturated carbocycles. The Bertz CT molecular complexity index is 961. The summed E-state index contributed by atoms with van der Waals surface area (Å²) in [4.78, 5) is 16.8. The van der Waals surface area contributed by atoms with E-state index in [-0.39, 0.29) is 11.7 Å². The number of nitrogens with zero attached hydrogens (tertiary/aromatic N) is 1. The number of piperidine rings is 1. The molecule has 0 bridgehead atoms. The maximum atomic E-state index is 13.1. The largest absolute Gasteiger partial charge is 0.347 e. The predicted octanol–water partition coefficient (Wildman–Crippen LogP) is 5.47. The van der Waals surface area contributed by atoms with Crippen LogP contribution in [0.4, 0.5) is 4.39 Å². The topological polar surface area (TPSA) is 32.3 Å². The first kappa shape index (κ1) is 19.8. The number of carbonyl (C=O) groups is 1. The fraction of sp³-hybridized carbons (Fsp3) is 0.292. The molecular weight excluding hydrogens is 383 g/mol. The molecule has 0 atom stereocenters. The van der Waals surface area contributed by atoms with E-state index in [9.17, 15) is 9.18 Å². The minimum atomic E-state index is -0.258. The van der Waals surface area contributed by atoms with Gasteiger partial charge < -0.3 is 5.32 Å². The van der Waals surface area contributed by atoms with Crippen LogP contribution >= 0.6 is 11.3 Å². The lowest BCUT2D eigenvalue weighted by Crippen LogP contribution is -2.30. The van der Waals surface area contributed by atoms with Gasteiger partial charge in [-0.25, -0.2) is 4.39 Å². The van der Waals surface area contributed by atoms with Crippen molar-refractivity contribution in [1.29, 1.82) is 0 Å². The van der Waals surface area contributed by atoms with Gasteiger partial charge >= 0.3 is 0 Å². The van der Waals surface area contributed by atoms with Crippen molar-refractivity contribution in [3.05, 3.63) is 82.5 Å². The van der Waals surface area contributed by atoms with E-state index in [0.717, 1.165) is 30.1 Å². The zero-order valence-electron chi connectivity index (χ0n) is 16.4. The molecule has 1 amide bonds. The SMILES string of the molecule is O=C(NCc1ccccc1CN1CCCCC1)c1ccc(-c2ccc(F)cc2)s1. The highest BCUT2D eigenvalue weighted by Crippen LogP contribution is 2.28. The standard InChI is InChI=1S/C24H25FN2OS/c25-21-10-8-18(9-11-21)22-12-13-23(29-22)24(28)26-16-19-6-2-3-7-20(19)17-27-14-4-1-5-15-27/h2-3,6-13H,1,4-5,14-17H2,(H,26,28). The number of benzene rings is 2. The van der Waals surface area contributed by atoms with Crippen molar-refractivity contribution in [3.63, 3.8) is 0 Å². The maximum absolute atomic E-state index is 13.1. The van der Waals surface area contributed by atoms with E-state index in [1.807, 2.05) is 18.2 Å². The molecule has 1 aliphatic heterocycles. The lowest BCUT2D eigenvalue weighted by Gasteiger charge is -2.27. The number of rotatable bonds is 6. The van der Waals surface area contributed by atoms with Crippen molar-refractivity contribution >= 4 is 17.2 Å².